The summed E-state index contributed by atoms with van der Waals surface area (Å²) < 4.78 is 0. The van der Waals surface area contributed by atoms with Crippen LogP contribution < -0.4 is 5.73 Å². The van der Waals surface area contributed by atoms with Crippen molar-refractivity contribution in [2.24, 2.45) is 0 Å². The molecule has 0 aliphatic carbocycles. The van der Waals surface area contributed by atoms with Gasteiger partial charge >= 0.3 is 0 Å². The fraction of sp³-hybridized carbons (Fsp3) is 0.500. The summed E-state index contributed by atoms with van der Waals surface area (Å²) in [6, 6.07) is 7.93. The van der Waals surface area contributed by atoms with Crippen LogP contribution in [0.2, 0.25) is 0 Å². The zero-order valence-corrected chi connectivity index (χ0v) is 9.11. The lowest BCUT2D eigenvalue weighted by Crippen LogP contribution is -2.29. The highest BCUT2D eigenvalue weighted by Gasteiger charge is 2.30. The maximum Gasteiger partial charge on any atom is 0.0758 e. The summed E-state index contributed by atoms with van der Waals surface area (Å²) in [5, 5.41) is 9.83. The Morgan fingerprint density at radius 3 is 2.93 bits per heavy atom. The number of hydrogen-bond donors (Lipinski definition) is 2. The Morgan fingerprint density at radius 1 is 1.53 bits per heavy atom. The lowest BCUT2D eigenvalue weighted by atomic mass is 10.1. The largest absolute Gasteiger partial charge is 0.399 e. The molecular weight excluding hydrogens is 188 g/mol. The van der Waals surface area contributed by atoms with Crippen LogP contribution in [0.15, 0.2) is 24.3 Å². The summed E-state index contributed by atoms with van der Waals surface area (Å²) in [5.74, 6) is 0. The number of hydrogen-bond acceptors (Lipinski definition) is 3. The highest BCUT2D eigenvalue weighted by molar-refractivity contribution is 5.40. The summed E-state index contributed by atoms with van der Waals surface area (Å²) in [5.41, 5.74) is 7.22. The molecule has 1 heterocycles. The van der Waals surface area contributed by atoms with Gasteiger partial charge in [-0.15, -0.1) is 0 Å². The zero-order valence-electron chi connectivity index (χ0n) is 9.11. The first-order chi connectivity index (χ1) is 7.05. The molecule has 3 N–H and O–H groups in total. The number of nitrogens with zero attached hydrogens (tertiary/aromatic N) is 1. The molecule has 3 nitrogen and oxygen atoms in total. The molecule has 0 bridgehead atoms. The Bertz CT molecular complexity index is 349. The van der Waals surface area contributed by atoms with Crippen molar-refractivity contribution < 1.29 is 5.11 Å². The third-order valence-electron chi connectivity index (χ3n) is 2.89. The van der Waals surface area contributed by atoms with Crippen LogP contribution in [-0.4, -0.2) is 28.7 Å². The molecule has 1 aromatic carbocycles. The van der Waals surface area contributed by atoms with Crippen molar-refractivity contribution in [1.29, 1.82) is 0 Å². The minimum Gasteiger partial charge on any atom is -0.399 e. The molecular formula is C12H18N2O. The quantitative estimate of drug-likeness (QED) is 0.715. The van der Waals surface area contributed by atoms with E-state index in [1.54, 1.807) is 0 Å². The predicted octanol–water partition coefficient (Wildman–Crippen LogP) is 1.23. The summed E-state index contributed by atoms with van der Waals surface area (Å²) in [7, 11) is 0. The summed E-state index contributed by atoms with van der Waals surface area (Å²) in [6.45, 7) is 4.48. The number of rotatable bonds is 2. The van der Waals surface area contributed by atoms with Crippen LogP contribution in [0.5, 0.6) is 0 Å². The van der Waals surface area contributed by atoms with Crippen molar-refractivity contribution in [3.05, 3.63) is 29.8 Å². The first-order valence-electron chi connectivity index (χ1n) is 5.34. The Labute approximate surface area is 90.5 Å². The monoisotopic (exact) mass is 206 g/mol. The van der Waals surface area contributed by atoms with Crippen molar-refractivity contribution in [1.82, 2.24) is 4.90 Å². The van der Waals surface area contributed by atoms with Gasteiger partial charge in [0.05, 0.1) is 5.60 Å². The van der Waals surface area contributed by atoms with Crippen molar-refractivity contribution in [3.8, 4) is 0 Å². The lowest BCUT2D eigenvalue weighted by molar-refractivity contribution is 0.0679. The molecule has 1 aliphatic rings. The highest BCUT2D eigenvalue weighted by atomic mass is 16.3. The number of aliphatic hydroxyl groups is 1. The molecule has 1 atom stereocenters. The first kappa shape index (κ1) is 10.5. The summed E-state index contributed by atoms with van der Waals surface area (Å²) in [4.78, 5) is 2.26. The van der Waals surface area contributed by atoms with Gasteiger partial charge in [0.25, 0.3) is 0 Å². The van der Waals surface area contributed by atoms with E-state index < -0.39 is 5.60 Å². The van der Waals surface area contributed by atoms with Crippen molar-refractivity contribution in [2.75, 3.05) is 18.8 Å². The molecule has 15 heavy (non-hydrogen) atoms. The van der Waals surface area contributed by atoms with Gasteiger partial charge < -0.3 is 10.8 Å². The third-order valence-corrected chi connectivity index (χ3v) is 2.89. The number of nitrogen functional groups attached to an aromatic ring is 1. The number of likely N-dealkylation sites (tertiary alicyclic amines) is 1. The van der Waals surface area contributed by atoms with Crippen molar-refractivity contribution in [3.63, 3.8) is 0 Å². The van der Waals surface area contributed by atoms with Crippen LogP contribution >= 0.6 is 0 Å². The SMILES string of the molecule is CC1(O)CCN(Cc2cccc(N)c2)C1. The number of anilines is 1. The molecule has 1 unspecified atom stereocenters. The fourth-order valence-corrected chi connectivity index (χ4v) is 2.12. The molecule has 1 aliphatic heterocycles. The van der Waals surface area contributed by atoms with Crippen LogP contribution in [0.4, 0.5) is 5.69 Å². The smallest absolute Gasteiger partial charge is 0.0758 e. The van der Waals surface area contributed by atoms with Crippen LogP contribution in [0.25, 0.3) is 0 Å². The average Bonchev–Trinajstić information content (AvgIpc) is 2.45. The maximum absolute atomic E-state index is 9.83. The average molecular weight is 206 g/mol. The second kappa shape index (κ2) is 3.83. The molecule has 1 fully saturated rings. The first-order valence-corrected chi connectivity index (χ1v) is 5.34. The van der Waals surface area contributed by atoms with Gasteiger partial charge in [0.1, 0.15) is 0 Å². The van der Waals surface area contributed by atoms with Gasteiger partial charge in [0, 0.05) is 25.3 Å². The van der Waals surface area contributed by atoms with Crippen molar-refractivity contribution >= 4 is 5.69 Å². The van der Waals surface area contributed by atoms with Gasteiger partial charge in [0.2, 0.25) is 0 Å². The van der Waals surface area contributed by atoms with Crippen LogP contribution in [-0.2, 0) is 6.54 Å². The van der Waals surface area contributed by atoms with Gasteiger partial charge in [-0.05, 0) is 31.0 Å². The van der Waals surface area contributed by atoms with Gasteiger partial charge in [-0.25, -0.2) is 0 Å². The molecule has 0 radical (unpaired) electrons. The van der Waals surface area contributed by atoms with E-state index in [0.717, 1.165) is 31.7 Å². The molecule has 1 aromatic rings. The van der Waals surface area contributed by atoms with Gasteiger partial charge in [0.15, 0.2) is 0 Å². The van der Waals surface area contributed by atoms with Crippen molar-refractivity contribution in [2.45, 2.75) is 25.5 Å². The highest BCUT2D eigenvalue weighted by Crippen LogP contribution is 2.22. The molecule has 2 rings (SSSR count). The summed E-state index contributed by atoms with van der Waals surface area (Å²) in [6.07, 6.45) is 0.856. The van der Waals surface area contributed by atoms with E-state index in [9.17, 15) is 5.11 Å². The Morgan fingerprint density at radius 2 is 2.33 bits per heavy atom. The standard InChI is InChI=1S/C12H18N2O/c1-12(15)5-6-14(9-12)8-10-3-2-4-11(13)7-10/h2-4,7,15H,5-6,8-9,13H2,1H3. The maximum atomic E-state index is 9.83. The third kappa shape index (κ3) is 2.70. The number of benzene rings is 1. The number of β-amino-alcohol motifs (C(OH)–C–C–N with tert-alkyl or cyclic N) is 1. The minimum atomic E-state index is -0.514. The van der Waals surface area contributed by atoms with Gasteiger partial charge in [-0.3, -0.25) is 4.90 Å². The Kier molecular flexibility index (Phi) is 2.67. The fourth-order valence-electron chi connectivity index (χ4n) is 2.12. The van der Waals surface area contributed by atoms with Gasteiger partial charge in [-0.2, -0.15) is 0 Å². The van der Waals surface area contributed by atoms with Crippen LogP contribution in [0.3, 0.4) is 0 Å². The van der Waals surface area contributed by atoms with E-state index in [0.29, 0.717) is 0 Å². The Hall–Kier alpha value is -1.06. The summed E-state index contributed by atoms with van der Waals surface area (Å²) >= 11 is 0. The normalized spacial score (nSPS) is 27.1. The number of nitrogens with two attached hydrogens (primary N) is 1. The van der Waals surface area contributed by atoms with E-state index in [1.165, 1.54) is 5.56 Å². The topological polar surface area (TPSA) is 49.5 Å². The molecule has 0 saturated carbocycles. The van der Waals surface area contributed by atoms with E-state index in [4.69, 9.17) is 5.73 Å². The Balaban J connectivity index is 1.99. The van der Waals surface area contributed by atoms with E-state index in [2.05, 4.69) is 11.0 Å². The minimum absolute atomic E-state index is 0.514. The molecule has 3 heteroatoms. The lowest BCUT2D eigenvalue weighted by Gasteiger charge is -2.18. The molecule has 0 amide bonds. The second-order valence-electron chi connectivity index (χ2n) is 4.70. The van der Waals surface area contributed by atoms with Crippen LogP contribution in [0.1, 0.15) is 18.9 Å². The molecule has 82 valence electrons. The zero-order chi connectivity index (χ0) is 10.9. The van der Waals surface area contributed by atoms with Gasteiger partial charge in [-0.1, -0.05) is 12.1 Å². The van der Waals surface area contributed by atoms with E-state index in [-0.39, 0.29) is 0 Å². The predicted molar refractivity (Wildman–Crippen MR) is 61.4 cm³/mol. The second-order valence-corrected chi connectivity index (χ2v) is 4.70. The van der Waals surface area contributed by atoms with E-state index >= 15 is 0 Å². The van der Waals surface area contributed by atoms with Crippen LogP contribution in [0, 0.1) is 0 Å². The molecule has 1 saturated heterocycles. The molecule has 0 aromatic heterocycles. The molecule has 0 spiro atoms. The van der Waals surface area contributed by atoms with E-state index in [1.807, 2.05) is 25.1 Å².